The van der Waals surface area contributed by atoms with Gasteiger partial charge in [-0.2, -0.15) is 0 Å². The first-order valence-electron chi connectivity index (χ1n) is 6.77. The monoisotopic (exact) mass is 482 g/mol. The van der Waals surface area contributed by atoms with Crippen LogP contribution in [-0.4, -0.2) is 30.4 Å². The SMILES string of the molecule is O=C(NNC(=S)[S-])c1ccccn1.O=C(NNC(=S)[S-])c1ccccn1.[Ni+2]. The van der Waals surface area contributed by atoms with Crippen LogP contribution in [0.4, 0.5) is 0 Å². The largest absolute Gasteiger partial charge is 2.00 e. The van der Waals surface area contributed by atoms with Gasteiger partial charge in [-0.05, 0) is 32.9 Å². The van der Waals surface area contributed by atoms with E-state index < -0.39 is 0 Å². The van der Waals surface area contributed by atoms with Crippen LogP contribution in [0.25, 0.3) is 0 Å². The van der Waals surface area contributed by atoms with Gasteiger partial charge in [0.25, 0.3) is 11.8 Å². The molecule has 8 nitrogen and oxygen atoms in total. The molecule has 2 rings (SSSR count). The van der Waals surface area contributed by atoms with Crippen LogP contribution in [0.15, 0.2) is 48.8 Å². The van der Waals surface area contributed by atoms with Gasteiger partial charge in [0.05, 0.1) is 0 Å². The number of pyridine rings is 2. The molecule has 2 amide bonds. The predicted molar refractivity (Wildman–Crippen MR) is 110 cm³/mol. The normalized spacial score (nSPS) is 8.59. The van der Waals surface area contributed by atoms with Crippen LogP contribution in [0.3, 0.4) is 0 Å². The number of hydrogen-bond acceptors (Lipinski definition) is 8. The molecule has 27 heavy (non-hydrogen) atoms. The van der Waals surface area contributed by atoms with Gasteiger partial charge >= 0.3 is 16.5 Å². The Morgan fingerprint density at radius 1 is 0.741 bits per heavy atom. The molecule has 0 atom stereocenters. The number of thiocarbonyl (C=S) groups is 2. The molecule has 2 aromatic heterocycles. The third kappa shape index (κ3) is 11.3. The number of aromatic nitrogens is 2. The summed E-state index contributed by atoms with van der Waals surface area (Å²) in [4.78, 5) is 30.1. The molecule has 0 saturated heterocycles. The van der Waals surface area contributed by atoms with Crippen molar-refractivity contribution in [1.29, 1.82) is 0 Å². The first kappa shape index (κ1) is 25.0. The zero-order valence-corrected chi connectivity index (χ0v) is 17.5. The van der Waals surface area contributed by atoms with E-state index in [1.807, 2.05) is 0 Å². The maximum atomic E-state index is 11.2. The fourth-order valence-electron chi connectivity index (χ4n) is 1.34. The first-order chi connectivity index (χ1) is 12.4. The van der Waals surface area contributed by atoms with Crippen molar-refractivity contribution in [3.05, 3.63) is 60.2 Å². The van der Waals surface area contributed by atoms with Gasteiger partial charge in [-0.3, -0.25) is 30.4 Å². The number of rotatable bonds is 2. The summed E-state index contributed by atoms with van der Waals surface area (Å²) < 4.78 is 0.175. The van der Waals surface area contributed by atoms with Crippen molar-refractivity contribution >= 4 is 70.1 Å². The van der Waals surface area contributed by atoms with Crippen LogP contribution in [0, 0.1) is 0 Å². The second-order valence-corrected chi connectivity index (χ2v) is 6.31. The van der Waals surface area contributed by atoms with Gasteiger partial charge in [0.2, 0.25) is 0 Å². The molecule has 0 aliphatic carbocycles. The molecule has 0 spiro atoms. The molecule has 0 saturated carbocycles. The number of nitrogens with zero attached hydrogens (tertiary/aromatic N) is 2. The molecule has 2 aromatic rings. The van der Waals surface area contributed by atoms with E-state index in [4.69, 9.17) is 0 Å². The molecule has 13 heteroatoms. The maximum Gasteiger partial charge on any atom is 2.00 e. The Bertz CT molecular complexity index is 701. The van der Waals surface area contributed by atoms with Gasteiger partial charge in [-0.1, -0.05) is 12.1 Å². The van der Waals surface area contributed by atoms with Crippen molar-refractivity contribution < 1.29 is 26.1 Å². The summed E-state index contributed by atoms with van der Waals surface area (Å²) >= 11 is 18.1. The van der Waals surface area contributed by atoms with E-state index in [1.54, 1.807) is 36.4 Å². The Morgan fingerprint density at radius 2 is 1.11 bits per heavy atom. The molecule has 0 aliphatic heterocycles. The second-order valence-electron chi connectivity index (χ2n) is 4.16. The third-order valence-electron chi connectivity index (χ3n) is 2.35. The van der Waals surface area contributed by atoms with Gasteiger partial charge < -0.3 is 60.5 Å². The summed E-state index contributed by atoms with van der Waals surface area (Å²) in [5.74, 6) is -0.736. The molecule has 2 heterocycles. The van der Waals surface area contributed by atoms with E-state index >= 15 is 0 Å². The van der Waals surface area contributed by atoms with Crippen molar-refractivity contribution in [1.82, 2.24) is 31.7 Å². The van der Waals surface area contributed by atoms with Crippen molar-refractivity contribution in [2.24, 2.45) is 0 Å². The van der Waals surface area contributed by atoms with E-state index in [0.717, 1.165) is 0 Å². The maximum absolute atomic E-state index is 11.2. The van der Waals surface area contributed by atoms with Crippen molar-refractivity contribution in [2.45, 2.75) is 0 Å². The molecule has 0 radical (unpaired) electrons. The first-order valence-corrected chi connectivity index (χ1v) is 8.40. The van der Waals surface area contributed by atoms with Crippen molar-refractivity contribution in [2.75, 3.05) is 0 Å². The van der Waals surface area contributed by atoms with Gasteiger partial charge in [0, 0.05) is 12.4 Å². The van der Waals surface area contributed by atoms with Crippen LogP contribution < -0.4 is 21.7 Å². The minimum absolute atomic E-state index is 0. The second kappa shape index (κ2) is 14.1. The van der Waals surface area contributed by atoms with E-state index in [0.29, 0.717) is 11.4 Å². The summed E-state index contributed by atoms with van der Waals surface area (Å²) in [6.45, 7) is 0. The Labute approximate surface area is 187 Å². The zero-order valence-electron chi connectivity index (χ0n) is 13.3. The quantitative estimate of drug-likeness (QED) is 0.206. The van der Waals surface area contributed by atoms with Crippen LogP contribution in [-0.2, 0) is 41.7 Å². The number of carbonyl (C=O) groups excluding carboxylic acids is 2. The zero-order chi connectivity index (χ0) is 19.4. The number of carbonyl (C=O) groups is 2. The van der Waals surface area contributed by atoms with E-state index in [9.17, 15) is 9.59 Å². The summed E-state index contributed by atoms with van der Waals surface area (Å²) in [6.07, 6.45) is 3.06. The predicted octanol–water partition coefficient (Wildman–Crippen LogP) is 0.293. The molecule has 4 N–H and O–H groups in total. The number of hydrazine groups is 2. The molecular formula is C14H12N6NiO2S4. The van der Waals surface area contributed by atoms with Crippen LogP contribution in [0.2, 0.25) is 0 Å². The Balaban J connectivity index is 0.000000483. The molecule has 0 aromatic carbocycles. The molecule has 0 unspecified atom stereocenters. The number of hydrogen-bond donors (Lipinski definition) is 4. The van der Waals surface area contributed by atoms with Gasteiger partial charge in [-0.15, -0.1) is 0 Å². The van der Waals surface area contributed by atoms with E-state index in [1.165, 1.54) is 12.4 Å². The molecular weight excluding hydrogens is 471 g/mol. The number of nitrogens with one attached hydrogen (secondary N) is 4. The Kier molecular flexibility index (Phi) is 13.0. The fourth-order valence-corrected chi connectivity index (χ4v) is 1.54. The third-order valence-corrected chi connectivity index (χ3v) is 2.76. The minimum atomic E-state index is -0.368. The molecule has 144 valence electrons. The summed E-state index contributed by atoms with van der Waals surface area (Å²) in [7, 11) is 0. The van der Waals surface area contributed by atoms with Crippen LogP contribution >= 0.6 is 24.4 Å². The van der Waals surface area contributed by atoms with Gasteiger partial charge in [-0.25, -0.2) is 0 Å². The smallest absolute Gasteiger partial charge is 0.410 e. The Morgan fingerprint density at radius 3 is 1.37 bits per heavy atom. The Hall–Kier alpha value is -2.05. The number of amides is 2. The average molecular weight is 483 g/mol. The summed E-state index contributed by atoms with van der Waals surface area (Å²) in [5, 5.41) is 0. The van der Waals surface area contributed by atoms with Crippen molar-refractivity contribution in [3.8, 4) is 0 Å². The van der Waals surface area contributed by atoms with E-state index in [2.05, 4.69) is 81.4 Å². The van der Waals surface area contributed by atoms with Crippen LogP contribution in [0.5, 0.6) is 0 Å². The average Bonchev–Trinajstić information content (AvgIpc) is 2.66. The van der Waals surface area contributed by atoms with Crippen LogP contribution in [0.1, 0.15) is 21.0 Å². The molecule has 0 bridgehead atoms. The van der Waals surface area contributed by atoms with Gasteiger partial charge in [0.15, 0.2) is 0 Å². The summed E-state index contributed by atoms with van der Waals surface area (Å²) in [6, 6.07) is 10.1. The molecule has 0 aliphatic rings. The standard InChI is InChI=1S/2C7H7N3OS2.Ni/c2*11-6(9-10-7(12)13)5-3-1-2-4-8-5;/h2*1-4H,(H,9,11)(H2,10,12,13);/q;;+2/p-2. The molecule has 0 fully saturated rings. The topological polar surface area (TPSA) is 108 Å². The van der Waals surface area contributed by atoms with Crippen molar-refractivity contribution in [3.63, 3.8) is 0 Å². The van der Waals surface area contributed by atoms with E-state index in [-0.39, 0.29) is 36.9 Å². The van der Waals surface area contributed by atoms with Gasteiger partial charge in [0.1, 0.15) is 11.4 Å². The fraction of sp³-hybridized carbons (Fsp3) is 0. The minimum Gasteiger partial charge on any atom is -0.410 e. The summed E-state index contributed by atoms with van der Waals surface area (Å²) in [5.41, 5.74) is 9.92.